The van der Waals surface area contributed by atoms with Gasteiger partial charge in [-0.3, -0.25) is 4.79 Å². The Kier molecular flexibility index (Phi) is 3.63. The van der Waals surface area contributed by atoms with Crippen molar-refractivity contribution in [3.63, 3.8) is 0 Å². The van der Waals surface area contributed by atoms with Crippen molar-refractivity contribution in [2.24, 2.45) is 11.8 Å². The van der Waals surface area contributed by atoms with Crippen molar-refractivity contribution >= 4 is 17.2 Å². The number of amides is 1. The zero-order chi connectivity index (χ0) is 14.3. The fourth-order valence-corrected chi connectivity index (χ4v) is 4.47. The molecule has 1 aliphatic heterocycles. The summed E-state index contributed by atoms with van der Waals surface area (Å²) in [4.78, 5) is 15.3. The Hall–Kier alpha value is -0.870. The topological polar surface area (TPSA) is 40.5 Å². The Bertz CT molecular complexity index is 508. The molecule has 3 nitrogen and oxygen atoms in total. The van der Waals surface area contributed by atoms with Gasteiger partial charge < -0.3 is 10.0 Å². The van der Waals surface area contributed by atoms with E-state index in [0.29, 0.717) is 19.0 Å². The van der Waals surface area contributed by atoms with Crippen LogP contribution in [-0.2, 0) is 0 Å². The van der Waals surface area contributed by atoms with E-state index >= 15 is 0 Å². The van der Waals surface area contributed by atoms with Gasteiger partial charge in [0.25, 0.3) is 5.91 Å². The number of hydrogen-bond donors (Lipinski definition) is 1. The average molecular weight is 293 g/mol. The number of rotatable bonds is 2. The van der Waals surface area contributed by atoms with Crippen molar-refractivity contribution < 1.29 is 9.90 Å². The van der Waals surface area contributed by atoms with Gasteiger partial charge in [-0.1, -0.05) is 13.3 Å². The van der Waals surface area contributed by atoms with Gasteiger partial charge in [0.15, 0.2) is 0 Å². The first-order valence-corrected chi connectivity index (χ1v) is 8.46. The summed E-state index contributed by atoms with van der Waals surface area (Å²) in [6, 6.07) is 2.00. The molecule has 3 rings (SSSR count). The number of aryl methyl sites for hydroxylation is 1. The molecule has 2 fully saturated rings. The van der Waals surface area contributed by atoms with E-state index in [-0.39, 0.29) is 11.8 Å². The quantitative estimate of drug-likeness (QED) is 0.910. The van der Waals surface area contributed by atoms with Crippen molar-refractivity contribution in [1.82, 2.24) is 4.90 Å². The lowest BCUT2D eigenvalue weighted by Gasteiger charge is -2.50. The van der Waals surface area contributed by atoms with Gasteiger partial charge in [-0.2, -0.15) is 0 Å². The molecule has 1 N–H and O–H groups in total. The van der Waals surface area contributed by atoms with Gasteiger partial charge in [0.2, 0.25) is 0 Å². The third-order valence-corrected chi connectivity index (χ3v) is 6.29. The molecular weight excluding hydrogens is 270 g/mol. The van der Waals surface area contributed by atoms with E-state index in [4.69, 9.17) is 0 Å². The van der Waals surface area contributed by atoms with Crippen LogP contribution in [0.4, 0.5) is 0 Å². The van der Waals surface area contributed by atoms with Crippen LogP contribution in [0.5, 0.6) is 0 Å². The fraction of sp³-hybridized carbons (Fsp3) is 0.688. The fourth-order valence-electron chi connectivity index (χ4n) is 3.57. The first kappa shape index (κ1) is 14.1. The highest BCUT2D eigenvalue weighted by Crippen LogP contribution is 2.44. The number of hydrogen-bond acceptors (Lipinski definition) is 3. The van der Waals surface area contributed by atoms with Gasteiger partial charge in [-0.25, -0.2) is 0 Å². The Morgan fingerprint density at radius 2 is 2.25 bits per heavy atom. The highest BCUT2D eigenvalue weighted by Gasteiger charge is 2.47. The van der Waals surface area contributed by atoms with E-state index in [0.717, 1.165) is 29.7 Å². The van der Waals surface area contributed by atoms with Gasteiger partial charge in [0.1, 0.15) is 0 Å². The summed E-state index contributed by atoms with van der Waals surface area (Å²) in [6.07, 6.45) is 4.28. The van der Waals surface area contributed by atoms with E-state index in [1.807, 2.05) is 23.3 Å². The van der Waals surface area contributed by atoms with E-state index in [1.165, 1.54) is 17.8 Å². The molecule has 4 heteroatoms. The second-order valence-corrected chi connectivity index (χ2v) is 7.37. The lowest BCUT2D eigenvalue weighted by molar-refractivity contribution is -0.122. The summed E-state index contributed by atoms with van der Waals surface area (Å²) in [6.45, 7) is 5.46. The highest BCUT2D eigenvalue weighted by molar-refractivity contribution is 7.12. The van der Waals surface area contributed by atoms with Gasteiger partial charge in [0, 0.05) is 19.0 Å². The third-order valence-electron chi connectivity index (χ3n) is 5.29. The minimum atomic E-state index is -0.542. The maximum Gasteiger partial charge on any atom is 0.264 e. The predicted molar refractivity (Wildman–Crippen MR) is 81.0 cm³/mol. The molecule has 2 heterocycles. The lowest BCUT2D eigenvalue weighted by atomic mass is 9.65. The van der Waals surface area contributed by atoms with Gasteiger partial charge in [-0.05, 0) is 49.1 Å². The van der Waals surface area contributed by atoms with Crippen LogP contribution in [0.3, 0.4) is 0 Å². The number of piperidine rings is 1. The maximum absolute atomic E-state index is 12.5. The van der Waals surface area contributed by atoms with Crippen LogP contribution in [0.2, 0.25) is 0 Å². The molecule has 1 saturated carbocycles. The van der Waals surface area contributed by atoms with Crippen LogP contribution in [0, 0.1) is 18.8 Å². The van der Waals surface area contributed by atoms with Crippen LogP contribution in [0.15, 0.2) is 11.4 Å². The summed E-state index contributed by atoms with van der Waals surface area (Å²) in [5.74, 6) is 0.768. The third kappa shape index (κ3) is 2.19. The molecule has 2 atom stereocenters. The SMILES string of the molecule is Cc1ccsc1C(=O)N1CC[C@@](O)(C2CCC2)[C@H](C)C1. The summed E-state index contributed by atoms with van der Waals surface area (Å²) < 4.78 is 0. The molecule has 0 aromatic carbocycles. The summed E-state index contributed by atoms with van der Waals surface area (Å²) in [5.41, 5.74) is 0.520. The van der Waals surface area contributed by atoms with Crippen LogP contribution in [0.25, 0.3) is 0 Å². The smallest absolute Gasteiger partial charge is 0.264 e. The molecule has 2 aliphatic rings. The number of aliphatic hydroxyl groups is 1. The molecule has 0 radical (unpaired) electrons. The van der Waals surface area contributed by atoms with Crippen molar-refractivity contribution in [1.29, 1.82) is 0 Å². The zero-order valence-electron chi connectivity index (χ0n) is 12.3. The summed E-state index contributed by atoms with van der Waals surface area (Å²) >= 11 is 1.52. The lowest BCUT2D eigenvalue weighted by Crippen LogP contribution is -2.57. The highest BCUT2D eigenvalue weighted by atomic mass is 32.1. The zero-order valence-corrected chi connectivity index (χ0v) is 13.1. The molecule has 20 heavy (non-hydrogen) atoms. The number of carbonyl (C=O) groups excluding carboxylic acids is 1. The van der Waals surface area contributed by atoms with Gasteiger partial charge >= 0.3 is 0 Å². The first-order valence-electron chi connectivity index (χ1n) is 7.58. The minimum absolute atomic E-state index is 0.139. The van der Waals surface area contributed by atoms with Crippen molar-refractivity contribution in [3.05, 3.63) is 21.9 Å². The van der Waals surface area contributed by atoms with Crippen LogP contribution in [0.1, 0.15) is 47.8 Å². The van der Waals surface area contributed by atoms with E-state index in [1.54, 1.807) is 0 Å². The molecule has 1 aromatic rings. The first-order chi connectivity index (χ1) is 9.52. The Morgan fingerprint density at radius 1 is 1.50 bits per heavy atom. The number of nitrogens with zero attached hydrogens (tertiary/aromatic N) is 1. The number of likely N-dealkylation sites (tertiary alicyclic amines) is 1. The molecule has 0 spiro atoms. The Morgan fingerprint density at radius 3 is 2.75 bits per heavy atom. The molecule has 0 unspecified atom stereocenters. The van der Waals surface area contributed by atoms with E-state index < -0.39 is 5.60 Å². The van der Waals surface area contributed by atoms with Gasteiger partial charge in [0.05, 0.1) is 10.5 Å². The molecule has 1 aromatic heterocycles. The minimum Gasteiger partial charge on any atom is -0.389 e. The Balaban J connectivity index is 1.70. The van der Waals surface area contributed by atoms with Crippen molar-refractivity contribution in [3.8, 4) is 0 Å². The van der Waals surface area contributed by atoms with Crippen LogP contribution in [-0.4, -0.2) is 34.6 Å². The molecular formula is C16H23NO2S. The number of carbonyl (C=O) groups is 1. The molecule has 0 bridgehead atoms. The molecule has 1 saturated heterocycles. The monoisotopic (exact) mass is 293 g/mol. The van der Waals surface area contributed by atoms with Crippen molar-refractivity contribution in [2.75, 3.05) is 13.1 Å². The summed E-state index contributed by atoms with van der Waals surface area (Å²) in [7, 11) is 0. The van der Waals surface area contributed by atoms with Gasteiger partial charge in [-0.15, -0.1) is 11.3 Å². The standard InChI is InChI=1S/C16H23NO2S/c1-11-6-9-20-14(11)15(18)17-8-7-16(19,12(2)10-17)13-4-3-5-13/h6,9,12-13,19H,3-5,7-8,10H2,1-2H3/t12-,16+/m1/s1. The average Bonchev–Trinajstić information content (AvgIpc) is 2.76. The molecule has 110 valence electrons. The van der Waals surface area contributed by atoms with Crippen LogP contribution >= 0.6 is 11.3 Å². The van der Waals surface area contributed by atoms with E-state index in [9.17, 15) is 9.90 Å². The van der Waals surface area contributed by atoms with E-state index in [2.05, 4.69) is 6.92 Å². The second kappa shape index (κ2) is 5.15. The number of thiophene rings is 1. The molecule has 1 amide bonds. The normalized spacial score (nSPS) is 31.1. The Labute approximate surface area is 124 Å². The second-order valence-electron chi connectivity index (χ2n) is 6.45. The van der Waals surface area contributed by atoms with Crippen molar-refractivity contribution in [2.45, 2.75) is 45.1 Å². The largest absolute Gasteiger partial charge is 0.389 e. The summed E-state index contributed by atoms with van der Waals surface area (Å²) in [5, 5.41) is 12.9. The molecule has 1 aliphatic carbocycles. The maximum atomic E-state index is 12.5. The van der Waals surface area contributed by atoms with Crippen LogP contribution < -0.4 is 0 Å². The predicted octanol–water partition coefficient (Wildman–Crippen LogP) is 3.07.